The zero-order valence-corrected chi connectivity index (χ0v) is 36.3. The van der Waals surface area contributed by atoms with Crippen LogP contribution >= 0.6 is 7.82 Å². The Balaban J connectivity index is 4.35. The zero-order valence-electron chi connectivity index (χ0n) is 35.4. The average molecular weight is 781 g/mol. The number of hydrogen-bond acceptors (Lipinski definition) is 6. The third-order valence-corrected chi connectivity index (χ3v) is 9.83. The fourth-order valence-electron chi connectivity index (χ4n) is 5.53. The van der Waals surface area contributed by atoms with E-state index in [1.54, 1.807) is 0 Å². The molecule has 0 aliphatic heterocycles. The first-order valence-corrected chi connectivity index (χ1v) is 23.0. The average Bonchev–Trinajstić information content (AvgIpc) is 3.12. The molecule has 314 valence electrons. The summed E-state index contributed by atoms with van der Waals surface area (Å²) in [6.07, 6.45) is 46.9. The number of unbranched alkanes of at least 4 members (excludes halogenated alkanes) is 15. The number of likely N-dealkylation sites (N-methyl/N-ethyl adjacent to an activating group) is 1. The van der Waals surface area contributed by atoms with Gasteiger partial charge in [0.25, 0.3) is 0 Å². The van der Waals surface area contributed by atoms with Crippen molar-refractivity contribution in [3.63, 3.8) is 0 Å². The lowest BCUT2D eigenvalue weighted by Crippen LogP contribution is -2.37. The van der Waals surface area contributed by atoms with Crippen molar-refractivity contribution in [2.45, 2.75) is 168 Å². The van der Waals surface area contributed by atoms with Crippen LogP contribution in [-0.4, -0.2) is 75.6 Å². The molecule has 1 N–H and O–H groups in total. The Hall–Kier alpha value is -1.80. The molecule has 2 unspecified atom stereocenters. The standard InChI is InChI=1S/C45H82NO7P/c1-6-8-10-12-14-16-18-20-22-23-24-26-28-30-32-34-36-38-45(47)53-44(43-52-54(48,49)51-41-39-46(3,4)5)42-50-40-37-35-33-31-29-27-25-21-19-17-15-13-11-9-7-2/h8,10,14,16,20,22,24,26,30,32,44H,6-7,9,11-13,15,17-19,21,23,25,27-29,31,33-43H2,1-5H3/p+1/b10-8-,16-14-,22-20-,26-24-,32-30-. The van der Waals surface area contributed by atoms with Crippen molar-refractivity contribution in [2.75, 3.05) is 54.1 Å². The Morgan fingerprint density at radius 3 is 1.54 bits per heavy atom. The van der Waals surface area contributed by atoms with Crippen molar-refractivity contribution in [3.05, 3.63) is 60.8 Å². The summed E-state index contributed by atoms with van der Waals surface area (Å²) in [4.78, 5) is 22.8. The van der Waals surface area contributed by atoms with Crippen LogP contribution < -0.4 is 0 Å². The second-order valence-corrected chi connectivity index (χ2v) is 16.8. The molecule has 0 radical (unpaired) electrons. The quantitative estimate of drug-likeness (QED) is 0.0218. The van der Waals surface area contributed by atoms with Crippen LogP contribution in [0.15, 0.2) is 60.8 Å². The molecule has 54 heavy (non-hydrogen) atoms. The minimum atomic E-state index is -4.29. The summed E-state index contributed by atoms with van der Waals surface area (Å²) in [6, 6.07) is 0. The third kappa shape index (κ3) is 41.4. The van der Waals surface area contributed by atoms with Crippen molar-refractivity contribution in [3.8, 4) is 0 Å². The van der Waals surface area contributed by atoms with Gasteiger partial charge in [-0.05, 0) is 51.4 Å². The second-order valence-electron chi connectivity index (χ2n) is 15.3. The minimum absolute atomic E-state index is 0.0766. The van der Waals surface area contributed by atoms with Gasteiger partial charge >= 0.3 is 13.8 Å². The Bertz CT molecular complexity index is 1050. The number of carbonyl (C=O) groups is 1. The normalized spacial score (nSPS) is 14.4. The van der Waals surface area contributed by atoms with Gasteiger partial charge in [-0.1, -0.05) is 164 Å². The molecule has 2 atom stereocenters. The van der Waals surface area contributed by atoms with Gasteiger partial charge < -0.3 is 18.9 Å². The van der Waals surface area contributed by atoms with E-state index in [1.165, 1.54) is 83.5 Å². The number of phosphoric ester groups is 1. The predicted octanol–water partition coefficient (Wildman–Crippen LogP) is 12.5. The van der Waals surface area contributed by atoms with Crippen LogP contribution in [0.1, 0.15) is 162 Å². The smallest absolute Gasteiger partial charge is 0.457 e. The lowest BCUT2D eigenvalue weighted by atomic mass is 10.0. The number of nitrogens with zero attached hydrogens (tertiary/aromatic N) is 1. The Labute approximate surface area is 332 Å². The van der Waals surface area contributed by atoms with Crippen LogP contribution in [0.3, 0.4) is 0 Å². The molecular formula is C45H83NO7P+. The Kier molecular flexibility index (Phi) is 36.8. The van der Waals surface area contributed by atoms with Crippen molar-refractivity contribution in [1.82, 2.24) is 0 Å². The number of hydrogen-bond donors (Lipinski definition) is 1. The van der Waals surface area contributed by atoms with Crippen LogP contribution in [0.2, 0.25) is 0 Å². The van der Waals surface area contributed by atoms with E-state index in [0.29, 0.717) is 24.1 Å². The van der Waals surface area contributed by atoms with E-state index in [9.17, 15) is 14.3 Å². The molecule has 0 aromatic rings. The summed E-state index contributed by atoms with van der Waals surface area (Å²) in [7, 11) is 1.63. The van der Waals surface area contributed by atoms with Gasteiger partial charge in [0.15, 0.2) is 0 Å². The van der Waals surface area contributed by atoms with Gasteiger partial charge in [-0.25, -0.2) is 4.57 Å². The molecule has 0 saturated carbocycles. The van der Waals surface area contributed by atoms with Gasteiger partial charge in [0.2, 0.25) is 0 Å². The fourth-order valence-corrected chi connectivity index (χ4v) is 6.27. The molecule has 0 aromatic heterocycles. The summed E-state index contributed by atoms with van der Waals surface area (Å²) < 4.78 is 34.9. The predicted molar refractivity (Wildman–Crippen MR) is 229 cm³/mol. The molecule has 0 spiro atoms. The van der Waals surface area contributed by atoms with E-state index in [0.717, 1.165) is 51.4 Å². The van der Waals surface area contributed by atoms with Crippen LogP contribution in [-0.2, 0) is 27.9 Å². The lowest BCUT2D eigenvalue weighted by molar-refractivity contribution is -0.870. The van der Waals surface area contributed by atoms with Crippen LogP contribution in [0.4, 0.5) is 0 Å². The molecule has 8 nitrogen and oxygen atoms in total. The summed E-state index contributed by atoms with van der Waals surface area (Å²) >= 11 is 0. The van der Waals surface area contributed by atoms with Crippen LogP contribution in [0.5, 0.6) is 0 Å². The maximum atomic E-state index is 12.7. The summed E-state index contributed by atoms with van der Waals surface area (Å²) in [5, 5.41) is 0. The van der Waals surface area contributed by atoms with Gasteiger partial charge in [0.05, 0.1) is 34.4 Å². The lowest BCUT2D eigenvalue weighted by Gasteiger charge is -2.24. The highest BCUT2D eigenvalue weighted by Gasteiger charge is 2.26. The maximum absolute atomic E-state index is 12.7. The topological polar surface area (TPSA) is 91.3 Å². The molecule has 0 heterocycles. The number of esters is 1. The number of ether oxygens (including phenoxy) is 2. The SMILES string of the molecule is CC/C=C\C/C=C\C/C=C\C/C=C\C/C=C\CCCC(=O)OC(COCCCCCCCCCCCCCCCCC)COP(=O)(O)OCC[N+](C)(C)C. The molecule has 0 aliphatic carbocycles. The molecule has 9 heteroatoms. The first-order valence-electron chi connectivity index (χ1n) is 21.5. The van der Waals surface area contributed by atoms with Gasteiger partial charge in [-0.15, -0.1) is 0 Å². The van der Waals surface area contributed by atoms with Crippen LogP contribution in [0.25, 0.3) is 0 Å². The van der Waals surface area contributed by atoms with Crippen molar-refractivity contribution >= 4 is 13.8 Å². The van der Waals surface area contributed by atoms with Crippen molar-refractivity contribution < 1.29 is 37.3 Å². The van der Waals surface area contributed by atoms with E-state index >= 15 is 0 Å². The molecule has 0 fully saturated rings. The van der Waals surface area contributed by atoms with Gasteiger partial charge in [-0.3, -0.25) is 13.8 Å². The van der Waals surface area contributed by atoms with Crippen molar-refractivity contribution in [2.24, 2.45) is 0 Å². The number of phosphoric acid groups is 1. The van der Waals surface area contributed by atoms with Crippen LogP contribution in [0, 0.1) is 0 Å². The fraction of sp³-hybridized carbons (Fsp3) is 0.756. The molecule has 0 saturated heterocycles. The highest BCUT2D eigenvalue weighted by molar-refractivity contribution is 7.47. The van der Waals surface area contributed by atoms with Gasteiger partial charge in [-0.2, -0.15) is 0 Å². The molecule has 0 amide bonds. The minimum Gasteiger partial charge on any atom is -0.457 e. The second kappa shape index (κ2) is 38.1. The van der Waals surface area contributed by atoms with E-state index in [-0.39, 0.29) is 32.2 Å². The highest BCUT2D eigenvalue weighted by atomic mass is 31.2. The molecule has 0 aromatic carbocycles. The van der Waals surface area contributed by atoms with E-state index in [1.807, 2.05) is 21.1 Å². The number of carbonyl (C=O) groups excluding carboxylic acids is 1. The summed E-state index contributed by atoms with van der Waals surface area (Å²) in [5.41, 5.74) is 0. The molecule has 0 aliphatic rings. The first kappa shape index (κ1) is 52.2. The maximum Gasteiger partial charge on any atom is 0.472 e. The molecule has 0 rings (SSSR count). The molecular weight excluding hydrogens is 697 g/mol. The third-order valence-electron chi connectivity index (χ3n) is 8.84. The first-order chi connectivity index (χ1) is 26.1. The monoisotopic (exact) mass is 781 g/mol. The number of allylic oxidation sites excluding steroid dienone is 10. The number of rotatable bonds is 39. The molecule has 0 bridgehead atoms. The Morgan fingerprint density at radius 1 is 0.593 bits per heavy atom. The zero-order chi connectivity index (χ0) is 39.9. The highest BCUT2D eigenvalue weighted by Crippen LogP contribution is 2.43. The number of quaternary nitrogens is 1. The van der Waals surface area contributed by atoms with E-state index < -0.39 is 13.9 Å². The van der Waals surface area contributed by atoms with Gasteiger partial charge in [0.1, 0.15) is 19.3 Å². The van der Waals surface area contributed by atoms with E-state index in [2.05, 4.69) is 74.6 Å². The largest absolute Gasteiger partial charge is 0.472 e. The summed E-state index contributed by atoms with van der Waals surface area (Å²) in [5.74, 6) is -0.370. The van der Waals surface area contributed by atoms with Gasteiger partial charge in [0, 0.05) is 13.0 Å². The van der Waals surface area contributed by atoms with E-state index in [4.69, 9.17) is 18.5 Å². The summed E-state index contributed by atoms with van der Waals surface area (Å²) in [6.45, 7) is 5.43. The Morgan fingerprint density at radius 2 is 1.06 bits per heavy atom. The van der Waals surface area contributed by atoms with Crippen molar-refractivity contribution in [1.29, 1.82) is 0 Å².